The molecule has 0 saturated carbocycles. The fraction of sp³-hybridized carbons (Fsp3) is 0.333. The van der Waals surface area contributed by atoms with E-state index in [0.717, 1.165) is 0 Å². The molecule has 6 heteroatoms. The number of methoxy groups -OCH3 is 1. The van der Waals surface area contributed by atoms with E-state index in [-0.39, 0.29) is 33.3 Å². The maximum Gasteiger partial charge on any atom is 0.0743 e. The molecule has 0 unspecified atom stereocenters. The zero-order valence-corrected chi connectivity index (χ0v) is 10.8. The van der Waals surface area contributed by atoms with Crippen LogP contribution in [0.4, 0.5) is 0 Å². The molecule has 1 aromatic rings. The normalized spacial score (nSPS) is 10.8. The molecule has 0 saturated heterocycles. The second-order valence-electron chi connectivity index (χ2n) is 2.80. The Hall–Kier alpha value is 0.300. The number of aliphatic hydroxyl groups excluding tert-OH is 1. The van der Waals surface area contributed by atoms with E-state index in [2.05, 4.69) is 0 Å². The molecule has 1 aromatic carbocycles. The van der Waals surface area contributed by atoms with E-state index in [1.807, 2.05) is 0 Å². The van der Waals surface area contributed by atoms with Crippen LogP contribution in [0.1, 0.15) is 11.1 Å². The van der Waals surface area contributed by atoms with Crippen molar-refractivity contribution in [1.82, 2.24) is 0 Å². The second kappa shape index (κ2) is 5.58. The Morgan fingerprint density at radius 3 is 1.67 bits per heavy atom. The third-order valence-corrected chi connectivity index (χ3v) is 3.75. The van der Waals surface area contributed by atoms with E-state index in [1.165, 1.54) is 7.11 Å². The molecule has 0 heterocycles. The lowest BCUT2D eigenvalue weighted by atomic mass is 10.1. The minimum absolute atomic E-state index is 0.209. The predicted octanol–water partition coefficient (Wildman–Crippen LogP) is 3.94. The molecule has 0 atom stereocenters. The molecule has 0 spiro atoms. The largest absolute Gasteiger partial charge is 0.392 e. The van der Waals surface area contributed by atoms with E-state index in [9.17, 15) is 0 Å². The van der Waals surface area contributed by atoms with E-state index >= 15 is 0 Å². The molecular weight excluding hydrogens is 282 g/mol. The number of rotatable bonds is 3. The minimum atomic E-state index is -0.315. The van der Waals surface area contributed by atoms with Crippen molar-refractivity contribution in [2.24, 2.45) is 0 Å². The summed E-state index contributed by atoms with van der Waals surface area (Å²) in [6.45, 7) is -0.104. The first-order valence-electron chi connectivity index (χ1n) is 3.98. The molecule has 0 aliphatic heterocycles. The molecule has 84 valence electrons. The summed E-state index contributed by atoms with van der Waals surface area (Å²) < 4.78 is 4.92. The minimum Gasteiger partial charge on any atom is -0.392 e. The van der Waals surface area contributed by atoms with Crippen molar-refractivity contribution in [3.8, 4) is 0 Å². The summed E-state index contributed by atoms with van der Waals surface area (Å²) in [4.78, 5) is 0. The van der Waals surface area contributed by atoms with Gasteiger partial charge in [-0.1, -0.05) is 46.4 Å². The highest BCUT2D eigenvalue weighted by atomic mass is 35.5. The zero-order valence-electron chi connectivity index (χ0n) is 7.78. The van der Waals surface area contributed by atoms with Crippen LogP contribution in [0.25, 0.3) is 0 Å². The summed E-state index contributed by atoms with van der Waals surface area (Å²) in [7, 11) is 1.51. The summed E-state index contributed by atoms with van der Waals surface area (Å²) in [5.41, 5.74) is 0.848. The highest BCUT2D eigenvalue weighted by Gasteiger charge is 2.19. The van der Waals surface area contributed by atoms with Gasteiger partial charge in [-0.2, -0.15) is 0 Å². The fourth-order valence-electron chi connectivity index (χ4n) is 1.13. The molecule has 0 bridgehead atoms. The Bertz CT molecular complexity index is 350. The van der Waals surface area contributed by atoms with Crippen LogP contribution in [0.15, 0.2) is 0 Å². The Balaban J connectivity index is 3.44. The first-order valence-corrected chi connectivity index (χ1v) is 5.49. The van der Waals surface area contributed by atoms with Crippen LogP contribution in [0.3, 0.4) is 0 Å². The molecule has 0 aromatic heterocycles. The Morgan fingerprint density at radius 1 is 0.933 bits per heavy atom. The number of benzene rings is 1. The van der Waals surface area contributed by atoms with Crippen molar-refractivity contribution in [1.29, 1.82) is 0 Å². The molecular formula is C9H8Cl4O2. The molecule has 0 radical (unpaired) electrons. The summed E-state index contributed by atoms with van der Waals surface area (Å²) in [6, 6.07) is 0. The molecule has 0 fully saturated rings. The smallest absolute Gasteiger partial charge is 0.0743 e. The lowest BCUT2D eigenvalue weighted by Crippen LogP contribution is -1.97. The number of halogens is 4. The summed E-state index contributed by atoms with van der Waals surface area (Å²) in [5.74, 6) is 0. The first kappa shape index (κ1) is 13.4. The second-order valence-corrected chi connectivity index (χ2v) is 4.32. The molecule has 15 heavy (non-hydrogen) atoms. The van der Waals surface area contributed by atoms with Gasteiger partial charge in [-0.05, 0) is 0 Å². The van der Waals surface area contributed by atoms with Crippen LogP contribution in [0.5, 0.6) is 0 Å². The van der Waals surface area contributed by atoms with Crippen LogP contribution < -0.4 is 0 Å². The number of hydrogen-bond donors (Lipinski definition) is 1. The van der Waals surface area contributed by atoms with Gasteiger partial charge >= 0.3 is 0 Å². The van der Waals surface area contributed by atoms with E-state index in [0.29, 0.717) is 11.1 Å². The predicted molar refractivity (Wildman–Crippen MR) is 63.1 cm³/mol. The molecule has 0 aliphatic carbocycles. The number of hydrogen-bond acceptors (Lipinski definition) is 2. The standard InChI is InChI=1S/C9H8Cl4O2/c1-15-3-5-8(12)6(10)4(2-14)7(11)9(5)13/h14H,2-3H2,1H3. The SMILES string of the molecule is COCc1c(Cl)c(Cl)c(CO)c(Cl)c1Cl. The zero-order chi connectivity index (χ0) is 11.6. The van der Waals surface area contributed by atoms with Crippen molar-refractivity contribution >= 4 is 46.4 Å². The van der Waals surface area contributed by atoms with Gasteiger partial charge in [0.2, 0.25) is 0 Å². The third kappa shape index (κ3) is 2.52. The lowest BCUT2D eigenvalue weighted by molar-refractivity contribution is 0.185. The summed E-state index contributed by atoms with van der Waals surface area (Å²) >= 11 is 23.8. The highest BCUT2D eigenvalue weighted by Crippen LogP contribution is 2.41. The first-order chi connectivity index (χ1) is 7.04. The van der Waals surface area contributed by atoms with Gasteiger partial charge in [-0.15, -0.1) is 0 Å². The maximum absolute atomic E-state index is 9.05. The lowest BCUT2D eigenvalue weighted by Gasteiger charge is -2.13. The Morgan fingerprint density at radius 2 is 1.33 bits per heavy atom. The van der Waals surface area contributed by atoms with Gasteiger partial charge in [-0.3, -0.25) is 0 Å². The monoisotopic (exact) mass is 288 g/mol. The van der Waals surface area contributed by atoms with Crippen molar-refractivity contribution in [2.75, 3.05) is 7.11 Å². The third-order valence-electron chi connectivity index (χ3n) is 1.89. The van der Waals surface area contributed by atoms with E-state index < -0.39 is 0 Å². The molecule has 1 N–H and O–H groups in total. The van der Waals surface area contributed by atoms with Crippen LogP contribution in [-0.2, 0) is 18.0 Å². The maximum atomic E-state index is 9.05. The molecule has 0 aliphatic rings. The highest BCUT2D eigenvalue weighted by molar-refractivity contribution is 6.48. The van der Waals surface area contributed by atoms with Crippen LogP contribution >= 0.6 is 46.4 Å². The fourth-order valence-corrected chi connectivity index (χ4v) is 2.29. The van der Waals surface area contributed by atoms with Gasteiger partial charge in [0.1, 0.15) is 0 Å². The van der Waals surface area contributed by atoms with Crippen LogP contribution in [0, 0.1) is 0 Å². The number of aliphatic hydroxyl groups is 1. The quantitative estimate of drug-likeness (QED) is 0.854. The summed E-state index contributed by atoms with van der Waals surface area (Å²) in [6.07, 6.45) is 0. The van der Waals surface area contributed by atoms with Gasteiger partial charge in [0.15, 0.2) is 0 Å². The van der Waals surface area contributed by atoms with Crippen molar-refractivity contribution < 1.29 is 9.84 Å². The van der Waals surface area contributed by atoms with E-state index in [1.54, 1.807) is 0 Å². The average molecular weight is 290 g/mol. The Labute approximate surface area is 108 Å². The van der Waals surface area contributed by atoms with Crippen LogP contribution in [0.2, 0.25) is 20.1 Å². The van der Waals surface area contributed by atoms with Gasteiger partial charge < -0.3 is 9.84 Å². The van der Waals surface area contributed by atoms with Gasteiger partial charge in [0.05, 0.1) is 33.3 Å². The van der Waals surface area contributed by atoms with Gasteiger partial charge in [0.25, 0.3) is 0 Å². The van der Waals surface area contributed by atoms with Crippen LogP contribution in [-0.4, -0.2) is 12.2 Å². The van der Waals surface area contributed by atoms with Crippen molar-refractivity contribution in [2.45, 2.75) is 13.2 Å². The van der Waals surface area contributed by atoms with Gasteiger partial charge in [-0.25, -0.2) is 0 Å². The van der Waals surface area contributed by atoms with E-state index in [4.69, 9.17) is 56.2 Å². The number of ether oxygens (including phenoxy) is 1. The van der Waals surface area contributed by atoms with Crippen molar-refractivity contribution in [3.63, 3.8) is 0 Å². The molecule has 2 nitrogen and oxygen atoms in total. The topological polar surface area (TPSA) is 29.5 Å². The average Bonchev–Trinajstić information content (AvgIpc) is 2.23. The molecule has 0 amide bonds. The van der Waals surface area contributed by atoms with Crippen molar-refractivity contribution in [3.05, 3.63) is 31.2 Å². The summed E-state index contributed by atoms with van der Waals surface area (Å²) in [5, 5.41) is 9.99. The van der Waals surface area contributed by atoms with Gasteiger partial charge in [0, 0.05) is 18.2 Å². The molecule has 1 rings (SSSR count). The Kier molecular flexibility index (Phi) is 4.97.